The van der Waals surface area contributed by atoms with Gasteiger partial charge in [-0.05, 0) is 29.8 Å². The molecule has 0 amide bonds. The number of thiophene rings is 1. The molecule has 1 aromatic heterocycles. The van der Waals surface area contributed by atoms with Crippen molar-refractivity contribution in [2.45, 2.75) is 19.1 Å². The fourth-order valence-corrected chi connectivity index (χ4v) is 3.18. The Kier molecular flexibility index (Phi) is 3.72. The van der Waals surface area contributed by atoms with Crippen molar-refractivity contribution in [2.24, 2.45) is 5.73 Å². The molecule has 2 aromatic carbocycles. The number of benzene rings is 2. The lowest BCUT2D eigenvalue weighted by Gasteiger charge is -2.22. The van der Waals surface area contributed by atoms with Crippen molar-refractivity contribution in [3.05, 3.63) is 64.9 Å². The Bertz CT molecular complexity index is 686. The van der Waals surface area contributed by atoms with Crippen LogP contribution in [0.25, 0.3) is 10.8 Å². The average Bonchev–Trinajstić information content (AvgIpc) is 2.98. The number of nitrogens with two attached hydrogens (primary N) is 1. The van der Waals surface area contributed by atoms with Gasteiger partial charge in [-0.2, -0.15) is 0 Å². The minimum atomic E-state index is -0.110. The third kappa shape index (κ3) is 2.55. The quantitative estimate of drug-likeness (QED) is 0.771. The van der Waals surface area contributed by atoms with Crippen molar-refractivity contribution in [2.75, 3.05) is 0 Å². The van der Waals surface area contributed by atoms with E-state index in [2.05, 4.69) is 29.6 Å². The standard InChI is InChI=1S/C17H17NOS/c1-12(18)17(16-10-5-11-20-16)19-15-9-4-7-13-6-2-3-8-14(13)15/h2-12,17H,18H2,1H3. The first-order valence-corrected chi connectivity index (χ1v) is 7.57. The van der Waals surface area contributed by atoms with Crippen LogP contribution in [0.15, 0.2) is 60.0 Å². The highest BCUT2D eigenvalue weighted by Crippen LogP contribution is 2.32. The molecule has 3 aromatic rings. The number of hydrogen-bond donors (Lipinski definition) is 1. The predicted octanol–water partition coefficient (Wildman–Crippen LogP) is 4.37. The van der Waals surface area contributed by atoms with Gasteiger partial charge < -0.3 is 10.5 Å². The molecule has 0 spiro atoms. The maximum atomic E-state index is 6.22. The molecule has 0 aliphatic rings. The van der Waals surface area contributed by atoms with Crippen molar-refractivity contribution >= 4 is 22.1 Å². The van der Waals surface area contributed by atoms with Crippen LogP contribution in [0.2, 0.25) is 0 Å². The Labute approximate surface area is 122 Å². The second-order valence-corrected chi connectivity index (χ2v) is 5.87. The van der Waals surface area contributed by atoms with Crippen molar-refractivity contribution in [1.82, 2.24) is 0 Å². The molecule has 2 nitrogen and oxygen atoms in total. The summed E-state index contributed by atoms with van der Waals surface area (Å²) in [6, 6.07) is 18.4. The molecule has 2 unspecified atom stereocenters. The first-order valence-electron chi connectivity index (χ1n) is 6.69. The third-order valence-corrected chi connectivity index (χ3v) is 4.24. The molecule has 3 rings (SSSR count). The van der Waals surface area contributed by atoms with Crippen LogP contribution in [0.4, 0.5) is 0 Å². The van der Waals surface area contributed by atoms with E-state index in [9.17, 15) is 0 Å². The van der Waals surface area contributed by atoms with Crippen LogP contribution in [0, 0.1) is 0 Å². The maximum absolute atomic E-state index is 6.22. The Morgan fingerprint density at radius 1 is 1.00 bits per heavy atom. The molecule has 0 aliphatic carbocycles. The lowest BCUT2D eigenvalue weighted by atomic mass is 10.1. The van der Waals surface area contributed by atoms with Crippen LogP contribution in [-0.2, 0) is 0 Å². The normalized spacial score (nSPS) is 14.1. The summed E-state index contributed by atoms with van der Waals surface area (Å²) in [6.07, 6.45) is -0.110. The van der Waals surface area contributed by atoms with E-state index in [1.54, 1.807) is 11.3 Å². The molecule has 0 fully saturated rings. The van der Waals surface area contributed by atoms with E-state index < -0.39 is 0 Å². The van der Waals surface area contributed by atoms with Gasteiger partial charge in [0.2, 0.25) is 0 Å². The number of rotatable bonds is 4. The van der Waals surface area contributed by atoms with Crippen LogP contribution in [-0.4, -0.2) is 6.04 Å². The van der Waals surface area contributed by atoms with E-state index in [1.807, 2.05) is 37.3 Å². The van der Waals surface area contributed by atoms with Crippen molar-refractivity contribution in [1.29, 1.82) is 0 Å². The average molecular weight is 283 g/mol. The summed E-state index contributed by atoms with van der Waals surface area (Å²) in [6.45, 7) is 1.98. The molecule has 20 heavy (non-hydrogen) atoms. The van der Waals surface area contributed by atoms with E-state index in [0.29, 0.717) is 0 Å². The van der Waals surface area contributed by atoms with Crippen molar-refractivity contribution in [3.63, 3.8) is 0 Å². The third-order valence-electron chi connectivity index (χ3n) is 3.30. The second-order valence-electron chi connectivity index (χ2n) is 4.89. The number of ether oxygens (including phenoxy) is 1. The molecule has 1 heterocycles. The number of fused-ring (bicyclic) bond motifs is 1. The van der Waals surface area contributed by atoms with Crippen LogP contribution < -0.4 is 10.5 Å². The summed E-state index contributed by atoms with van der Waals surface area (Å²) < 4.78 is 6.22. The first-order chi connectivity index (χ1) is 9.75. The minimum absolute atomic E-state index is 0.0624. The zero-order valence-electron chi connectivity index (χ0n) is 11.3. The number of hydrogen-bond acceptors (Lipinski definition) is 3. The highest BCUT2D eigenvalue weighted by molar-refractivity contribution is 7.10. The van der Waals surface area contributed by atoms with E-state index >= 15 is 0 Å². The zero-order valence-corrected chi connectivity index (χ0v) is 12.1. The van der Waals surface area contributed by atoms with Gasteiger partial charge in [0.05, 0.1) is 0 Å². The smallest absolute Gasteiger partial charge is 0.148 e. The molecule has 102 valence electrons. The Balaban J connectivity index is 1.99. The molecule has 0 aliphatic heterocycles. The lowest BCUT2D eigenvalue weighted by molar-refractivity contribution is 0.186. The Morgan fingerprint density at radius 3 is 2.55 bits per heavy atom. The van der Waals surface area contributed by atoms with Gasteiger partial charge in [0, 0.05) is 16.3 Å². The van der Waals surface area contributed by atoms with Gasteiger partial charge in [0.15, 0.2) is 0 Å². The molecule has 0 saturated heterocycles. The molecule has 0 radical (unpaired) electrons. The summed E-state index contributed by atoms with van der Waals surface area (Å²) in [7, 11) is 0. The van der Waals surface area contributed by atoms with Gasteiger partial charge in [-0.3, -0.25) is 0 Å². The van der Waals surface area contributed by atoms with E-state index in [4.69, 9.17) is 10.5 Å². The molecule has 2 atom stereocenters. The summed E-state index contributed by atoms with van der Waals surface area (Å²) in [4.78, 5) is 1.16. The molecule has 2 N–H and O–H groups in total. The summed E-state index contributed by atoms with van der Waals surface area (Å²) in [5, 5.41) is 4.36. The zero-order chi connectivity index (χ0) is 13.9. The molecule has 3 heteroatoms. The predicted molar refractivity (Wildman–Crippen MR) is 85.3 cm³/mol. The summed E-state index contributed by atoms with van der Waals surface area (Å²) in [5.74, 6) is 0.888. The highest BCUT2D eigenvalue weighted by Gasteiger charge is 2.20. The first kappa shape index (κ1) is 13.2. The molecular formula is C17H17NOS. The largest absolute Gasteiger partial charge is 0.483 e. The van der Waals surface area contributed by atoms with Crippen LogP contribution in [0.5, 0.6) is 5.75 Å². The van der Waals surface area contributed by atoms with Crippen molar-refractivity contribution in [3.8, 4) is 5.75 Å². The topological polar surface area (TPSA) is 35.2 Å². The molecule has 0 bridgehead atoms. The molecular weight excluding hydrogens is 266 g/mol. The monoisotopic (exact) mass is 283 g/mol. The fraction of sp³-hybridized carbons (Fsp3) is 0.176. The van der Waals surface area contributed by atoms with Gasteiger partial charge in [0.25, 0.3) is 0 Å². The fourth-order valence-electron chi connectivity index (χ4n) is 2.31. The van der Waals surface area contributed by atoms with Crippen LogP contribution in [0.1, 0.15) is 17.9 Å². The Morgan fingerprint density at radius 2 is 1.80 bits per heavy atom. The van der Waals surface area contributed by atoms with Gasteiger partial charge in [-0.1, -0.05) is 42.5 Å². The van der Waals surface area contributed by atoms with E-state index in [0.717, 1.165) is 16.0 Å². The second kappa shape index (κ2) is 5.65. The van der Waals surface area contributed by atoms with E-state index in [-0.39, 0.29) is 12.1 Å². The maximum Gasteiger partial charge on any atom is 0.148 e. The lowest BCUT2D eigenvalue weighted by Crippen LogP contribution is -2.28. The summed E-state index contributed by atoms with van der Waals surface area (Å²) >= 11 is 1.68. The van der Waals surface area contributed by atoms with E-state index in [1.165, 1.54) is 5.39 Å². The van der Waals surface area contributed by atoms with Crippen LogP contribution in [0.3, 0.4) is 0 Å². The van der Waals surface area contributed by atoms with Gasteiger partial charge in [-0.25, -0.2) is 0 Å². The highest BCUT2D eigenvalue weighted by atomic mass is 32.1. The van der Waals surface area contributed by atoms with Crippen LogP contribution >= 0.6 is 11.3 Å². The summed E-state index contributed by atoms with van der Waals surface area (Å²) in [5.41, 5.74) is 6.10. The van der Waals surface area contributed by atoms with Gasteiger partial charge in [0.1, 0.15) is 11.9 Å². The van der Waals surface area contributed by atoms with Gasteiger partial charge in [-0.15, -0.1) is 11.3 Å². The minimum Gasteiger partial charge on any atom is -0.483 e. The SMILES string of the molecule is CC(N)C(Oc1cccc2ccccc12)c1cccs1. The van der Waals surface area contributed by atoms with Crippen molar-refractivity contribution < 1.29 is 4.74 Å². The Hall–Kier alpha value is -1.84. The van der Waals surface area contributed by atoms with Gasteiger partial charge >= 0.3 is 0 Å². The molecule has 0 saturated carbocycles.